The quantitative estimate of drug-likeness (QED) is 0.0248. The lowest BCUT2D eigenvalue weighted by Gasteiger charge is -2.25. The van der Waals surface area contributed by atoms with Crippen molar-refractivity contribution in [1.29, 1.82) is 0 Å². The van der Waals surface area contributed by atoms with Gasteiger partial charge in [-0.25, -0.2) is 4.57 Å². The molecule has 0 rings (SSSR count). The van der Waals surface area contributed by atoms with Crippen LogP contribution in [0, 0.1) is 0 Å². The number of quaternary nitrogens is 1. The summed E-state index contributed by atoms with van der Waals surface area (Å²) in [5.41, 5.74) is 0. The van der Waals surface area contributed by atoms with Crippen LogP contribution in [0.25, 0.3) is 0 Å². The van der Waals surface area contributed by atoms with Gasteiger partial charge >= 0.3 is 7.82 Å². The van der Waals surface area contributed by atoms with E-state index in [4.69, 9.17) is 9.05 Å². The van der Waals surface area contributed by atoms with Gasteiger partial charge in [0.2, 0.25) is 5.91 Å². The molecule has 0 heterocycles. The van der Waals surface area contributed by atoms with Gasteiger partial charge in [-0.3, -0.25) is 13.8 Å². The van der Waals surface area contributed by atoms with E-state index in [-0.39, 0.29) is 19.1 Å². The van der Waals surface area contributed by atoms with Crippen molar-refractivity contribution in [2.45, 2.75) is 161 Å². The lowest BCUT2D eigenvalue weighted by Crippen LogP contribution is -2.45. The van der Waals surface area contributed by atoms with E-state index in [0.29, 0.717) is 17.4 Å². The molecule has 3 unspecified atom stereocenters. The molecule has 0 aromatic rings. The number of nitrogens with one attached hydrogen (secondary N) is 1. The van der Waals surface area contributed by atoms with Crippen LogP contribution in [0.4, 0.5) is 0 Å². The summed E-state index contributed by atoms with van der Waals surface area (Å²) in [7, 11) is 1.51. The van der Waals surface area contributed by atoms with Crippen molar-refractivity contribution in [3.63, 3.8) is 0 Å². The van der Waals surface area contributed by atoms with Crippen molar-refractivity contribution in [2.24, 2.45) is 0 Å². The third-order valence-electron chi connectivity index (χ3n) is 9.02. The SMILES string of the molecule is CC/C=C\C/C=C\C/C=C\C/C=C\C/C=C\CCCCCCCC(=O)NC(COP(=O)(O)OCC[N+](C)(C)C)C(O)/C=C/CC/C=C/CC/C=C/CCCCCC. The fourth-order valence-electron chi connectivity index (χ4n) is 5.51. The van der Waals surface area contributed by atoms with E-state index in [1.807, 2.05) is 27.2 Å². The van der Waals surface area contributed by atoms with Gasteiger partial charge in [-0.1, -0.05) is 150 Å². The summed E-state index contributed by atoms with van der Waals surface area (Å²) in [4.78, 5) is 23.1. The second kappa shape index (κ2) is 38.9. The van der Waals surface area contributed by atoms with E-state index in [0.717, 1.165) is 103 Å². The number of likely N-dealkylation sites (N-methyl/N-ethyl adjacent to an activating group) is 1. The molecule has 1 amide bonds. The maximum atomic E-state index is 12.9. The molecular formula is C48H84N2O6P+. The Morgan fingerprint density at radius 1 is 0.614 bits per heavy atom. The summed E-state index contributed by atoms with van der Waals surface area (Å²) >= 11 is 0. The molecule has 0 aliphatic rings. The summed E-state index contributed by atoms with van der Waals surface area (Å²) in [5, 5.41) is 13.8. The molecule has 9 heteroatoms. The molecule has 0 aliphatic carbocycles. The van der Waals surface area contributed by atoms with E-state index >= 15 is 0 Å². The minimum atomic E-state index is -4.36. The summed E-state index contributed by atoms with van der Waals surface area (Å²) in [6.07, 6.45) is 54.8. The first kappa shape index (κ1) is 54.4. The fraction of sp³-hybridized carbons (Fsp3) is 0.646. The van der Waals surface area contributed by atoms with Crippen molar-refractivity contribution in [3.8, 4) is 0 Å². The van der Waals surface area contributed by atoms with Crippen molar-refractivity contribution >= 4 is 13.7 Å². The molecule has 326 valence electrons. The highest BCUT2D eigenvalue weighted by atomic mass is 31.2. The zero-order valence-corrected chi connectivity index (χ0v) is 37.7. The molecule has 0 aromatic heterocycles. The maximum absolute atomic E-state index is 12.9. The fourth-order valence-corrected chi connectivity index (χ4v) is 6.24. The van der Waals surface area contributed by atoms with E-state index in [1.54, 1.807) is 6.08 Å². The van der Waals surface area contributed by atoms with Crippen LogP contribution < -0.4 is 5.32 Å². The second-order valence-corrected chi connectivity index (χ2v) is 17.1. The zero-order chi connectivity index (χ0) is 42.1. The third kappa shape index (κ3) is 41.4. The number of hydrogen-bond donors (Lipinski definition) is 3. The van der Waals surface area contributed by atoms with Gasteiger partial charge in [0.05, 0.1) is 39.9 Å². The molecule has 0 radical (unpaired) electrons. The van der Waals surface area contributed by atoms with E-state index in [2.05, 4.69) is 104 Å². The highest BCUT2D eigenvalue weighted by Gasteiger charge is 2.27. The van der Waals surface area contributed by atoms with Gasteiger partial charge < -0.3 is 19.8 Å². The number of carbonyl (C=O) groups excluding carboxylic acids is 1. The molecule has 0 saturated carbocycles. The van der Waals surface area contributed by atoms with Crippen molar-refractivity contribution in [3.05, 3.63) is 97.2 Å². The minimum absolute atomic E-state index is 0.0436. The first-order chi connectivity index (χ1) is 27.5. The van der Waals surface area contributed by atoms with Gasteiger partial charge in [0.1, 0.15) is 13.2 Å². The van der Waals surface area contributed by atoms with Crippen LogP contribution in [0.5, 0.6) is 0 Å². The van der Waals surface area contributed by atoms with E-state index in [9.17, 15) is 19.4 Å². The standard InChI is InChI=1S/C48H83N2O6P/c1-6-8-10-12-14-16-18-20-22-23-24-25-26-27-28-30-32-34-36-38-40-42-48(52)49-46(45-56-57(53,54)55-44-43-50(3,4)5)47(51)41-39-37-35-33-31-29-21-19-17-15-13-11-9-7-2/h8,10,14,16-17,19-20,22,24-25,27-28,31,33,39,41,46-47,51H,6-7,9,11-13,15,18,21,23,26,29-30,32,34-38,40,42-45H2,1-5H3,(H-,49,52,53,54)/p+1/b10-8-,16-14-,19-17+,22-20-,25-24-,28-27-,33-31+,41-39+. The van der Waals surface area contributed by atoms with Crippen LogP contribution in [0.1, 0.15) is 149 Å². The number of hydrogen-bond acceptors (Lipinski definition) is 5. The molecule has 0 saturated heterocycles. The third-order valence-corrected chi connectivity index (χ3v) is 10.00. The molecule has 3 N–H and O–H groups in total. The van der Waals surface area contributed by atoms with Crippen molar-refractivity contribution in [2.75, 3.05) is 40.9 Å². The zero-order valence-electron chi connectivity index (χ0n) is 36.8. The van der Waals surface area contributed by atoms with Gasteiger partial charge in [0, 0.05) is 6.42 Å². The Morgan fingerprint density at radius 2 is 1.07 bits per heavy atom. The van der Waals surface area contributed by atoms with Gasteiger partial charge in [-0.15, -0.1) is 0 Å². The molecule has 57 heavy (non-hydrogen) atoms. The van der Waals surface area contributed by atoms with Crippen LogP contribution in [-0.2, 0) is 18.4 Å². The van der Waals surface area contributed by atoms with Gasteiger partial charge in [-0.2, -0.15) is 0 Å². The van der Waals surface area contributed by atoms with Crippen LogP contribution in [0.15, 0.2) is 97.2 Å². The Hall–Kier alpha value is -2.58. The second-order valence-electron chi connectivity index (χ2n) is 15.7. The summed E-state index contributed by atoms with van der Waals surface area (Å²) in [6, 6.07) is -0.885. The lowest BCUT2D eigenvalue weighted by atomic mass is 10.1. The predicted molar refractivity (Wildman–Crippen MR) is 244 cm³/mol. The summed E-state index contributed by atoms with van der Waals surface area (Å²) < 4.78 is 23.5. The Labute approximate surface area is 349 Å². The lowest BCUT2D eigenvalue weighted by molar-refractivity contribution is -0.870. The number of aliphatic hydroxyl groups excluding tert-OH is 1. The van der Waals surface area contributed by atoms with Crippen LogP contribution in [0.3, 0.4) is 0 Å². The van der Waals surface area contributed by atoms with E-state index < -0.39 is 20.0 Å². The molecule has 0 spiro atoms. The number of carbonyl (C=O) groups is 1. The highest BCUT2D eigenvalue weighted by Crippen LogP contribution is 2.43. The largest absolute Gasteiger partial charge is 0.472 e. The Balaban J connectivity index is 4.53. The Morgan fingerprint density at radius 3 is 1.61 bits per heavy atom. The Bertz CT molecular complexity index is 1240. The van der Waals surface area contributed by atoms with Crippen molar-refractivity contribution in [1.82, 2.24) is 5.32 Å². The average Bonchev–Trinajstić information content (AvgIpc) is 3.16. The predicted octanol–water partition coefficient (Wildman–Crippen LogP) is 12.4. The maximum Gasteiger partial charge on any atom is 0.472 e. The molecule has 0 aromatic carbocycles. The first-order valence-electron chi connectivity index (χ1n) is 22.1. The topological polar surface area (TPSA) is 105 Å². The molecule has 3 atom stereocenters. The number of allylic oxidation sites excluding steroid dienone is 15. The molecular weight excluding hydrogens is 732 g/mol. The van der Waals surface area contributed by atoms with Crippen molar-refractivity contribution < 1.29 is 32.9 Å². The minimum Gasteiger partial charge on any atom is -0.387 e. The molecule has 8 nitrogen and oxygen atoms in total. The molecule has 0 fully saturated rings. The first-order valence-corrected chi connectivity index (χ1v) is 23.6. The molecule has 0 bridgehead atoms. The summed E-state index contributed by atoms with van der Waals surface area (Å²) in [6.45, 7) is 4.60. The number of amides is 1. The number of unbranched alkanes of at least 4 members (excludes halogenated alkanes) is 11. The summed E-state index contributed by atoms with van der Waals surface area (Å²) in [5.74, 6) is -0.216. The number of nitrogens with zero attached hydrogens (tertiary/aromatic N) is 1. The van der Waals surface area contributed by atoms with Gasteiger partial charge in [0.15, 0.2) is 0 Å². The normalized spacial score (nSPS) is 15.3. The van der Waals surface area contributed by atoms with Gasteiger partial charge in [-0.05, 0) is 89.9 Å². The number of phosphoric acid groups is 1. The van der Waals surface area contributed by atoms with E-state index in [1.165, 1.54) is 25.7 Å². The average molecular weight is 816 g/mol. The Kier molecular flexibility index (Phi) is 37.2. The molecule has 0 aliphatic heterocycles. The van der Waals surface area contributed by atoms with Crippen LogP contribution >= 0.6 is 7.82 Å². The smallest absolute Gasteiger partial charge is 0.387 e. The highest BCUT2D eigenvalue weighted by molar-refractivity contribution is 7.47. The number of rotatable bonds is 38. The van der Waals surface area contributed by atoms with Crippen LogP contribution in [-0.4, -0.2) is 73.4 Å². The monoisotopic (exact) mass is 816 g/mol. The van der Waals surface area contributed by atoms with Gasteiger partial charge in [0.25, 0.3) is 0 Å². The number of phosphoric ester groups is 1. The van der Waals surface area contributed by atoms with Crippen LogP contribution in [0.2, 0.25) is 0 Å². The number of aliphatic hydroxyl groups is 1.